The first-order chi connectivity index (χ1) is 11.3. The Labute approximate surface area is 137 Å². The van der Waals surface area contributed by atoms with Crippen molar-refractivity contribution in [3.63, 3.8) is 0 Å². The molecule has 4 rings (SSSR count). The molecule has 3 aliphatic rings. The third kappa shape index (κ3) is 3.22. The molecule has 1 atom stereocenters. The van der Waals surface area contributed by atoms with Crippen LogP contribution in [0.2, 0.25) is 0 Å². The lowest BCUT2D eigenvalue weighted by Crippen LogP contribution is -2.44. The Kier molecular flexibility index (Phi) is 4.49. The first-order valence-electron chi connectivity index (χ1n) is 9.24. The largest absolute Gasteiger partial charge is 0.376 e. The van der Waals surface area contributed by atoms with Gasteiger partial charge in [-0.15, -0.1) is 0 Å². The summed E-state index contributed by atoms with van der Waals surface area (Å²) in [5.74, 6) is 0. The van der Waals surface area contributed by atoms with Crippen molar-refractivity contribution >= 4 is 0 Å². The lowest BCUT2D eigenvalue weighted by Gasteiger charge is -2.35. The van der Waals surface area contributed by atoms with Crippen molar-refractivity contribution < 1.29 is 4.74 Å². The standard InChI is InChI=1S/C18H27N3O2/c22-18-11-14-13-23-10-8-17(14)19-21(18)12-16-7-4-9-20(16)15-5-2-1-3-6-15/h11,15-16H,1-10,12-13H2. The van der Waals surface area contributed by atoms with Crippen molar-refractivity contribution in [1.29, 1.82) is 0 Å². The minimum atomic E-state index is 0.0322. The third-order valence-corrected chi connectivity index (χ3v) is 5.76. The van der Waals surface area contributed by atoms with Crippen molar-refractivity contribution in [1.82, 2.24) is 14.7 Å². The minimum Gasteiger partial charge on any atom is -0.376 e. The van der Waals surface area contributed by atoms with Crippen LogP contribution in [0.4, 0.5) is 0 Å². The molecule has 3 heterocycles. The van der Waals surface area contributed by atoms with Crippen LogP contribution in [-0.2, 0) is 24.3 Å². The molecule has 2 fully saturated rings. The molecule has 1 aliphatic carbocycles. The Hall–Kier alpha value is -1.20. The SMILES string of the molecule is O=c1cc2c(nn1CC1CCCN1C1CCCCC1)CCOC2. The van der Waals surface area contributed by atoms with Gasteiger partial charge in [-0.2, -0.15) is 5.10 Å². The summed E-state index contributed by atoms with van der Waals surface area (Å²) in [7, 11) is 0. The van der Waals surface area contributed by atoms with E-state index in [-0.39, 0.29) is 5.56 Å². The summed E-state index contributed by atoms with van der Waals surface area (Å²) < 4.78 is 7.14. The fourth-order valence-corrected chi connectivity index (χ4v) is 4.53. The Morgan fingerprint density at radius 1 is 1.17 bits per heavy atom. The highest BCUT2D eigenvalue weighted by molar-refractivity contribution is 5.18. The van der Waals surface area contributed by atoms with E-state index in [1.807, 2.05) is 0 Å². The van der Waals surface area contributed by atoms with Crippen LogP contribution < -0.4 is 5.56 Å². The van der Waals surface area contributed by atoms with Crippen LogP contribution in [0.3, 0.4) is 0 Å². The highest BCUT2D eigenvalue weighted by atomic mass is 16.5. The molecule has 0 N–H and O–H groups in total. The second-order valence-corrected chi connectivity index (χ2v) is 7.26. The summed E-state index contributed by atoms with van der Waals surface area (Å²) in [4.78, 5) is 15.1. The van der Waals surface area contributed by atoms with Crippen LogP contribution in [-0.4, -0.2) is 39.9 Å². The minimum absolute atomic E-state index is 0.0322. The predicted molar refractivity (Wildman–Crippen MR) is 88.5 cm³/mol. The molecule has 1 unspecified atom stereocenters. The lowest BCUT2D eigenvalue weighted by atomic mass is 9.94. The van der Waals surface area contributed by atoms with Crippen molar-refractivity contribution in [2.45, 2.75) is 76.6 Å². The summed E-state index contributed by atoms with van der Waals surface area (Å²) in [5, 5.41) is 4.65. The van der Waals surface area contributed by atoms with E-state index in [0.717, 1.165) is 36.9 Å². The van der Waals surface area contributed by atoms with E-state index in [9.17, 15) is 4.79 Å². The Balaban J connectivity index is 1.51. The van der Waals surface area contributed by atoms with Crippen molar-refractivity contribution in [3.8, 4) is 0 Å². The molecule has 0 aromatic carbocycles. The predicted octanol–water partition coefficient (Wildman–Crippen LogP) is 2.11. The average molecular weight is 317 g/mol. The summed E-state index contributed by atoms with van der Waals surface area (Å²) in [5.41, 5.74) is 2.07. The normalized spacial score (nSPS) is 26.3. The zero-order valence-electron chi connectivity index (χ0n) is 13.9. The number of fused-ring (bicyclic) bond motifs is 1. The Morgan fingerprint density at radius 3 is 2.91 bits per heavy atom. The van der Waals surface area contributed by atoms with E-state index >= 15 is 0 Å². The fourth-order valence-electron chi connectivity index (χ4n) is 4.53. The van der Waals surface area contributed by atoms with Crippen LogP contribution in [0.25, 0.3) is 0 Å². The topological polar surface area (TPSA) is 47.4 Å². The van der Waals surface area contributed by atoms with Gasteiger partial charge < -0.3 is 4.74 Å². The molecular formula is C18H27N3O2. The van der Waals surface area contributed by atoms with Crippen LogP contribution in [0.1, 0.15) is 56.2 Å². The number of likely N-dealkylation sites (tertiary alicyclic amines) is 1. The number of hydrogen-bond acceptors (Lipinski definition) is 4. The molecule has 126 valence electrons. The summed E-state index contributed by atoms with van der Waals surface area (Å²) in [6.45, 7) is 3.21. The molecule has 0 radical (unpaired) electrons. The van der Waals surface area contributed by atoms with E-state index in [1.54, 1.807) is 10.7 Å². The first kappa shape index (κ1) is 15.3. The van der Waals surface area contributed by atoms with Crippen LogP contribution in [0.15, 0.2) is 10.9 Å². The van der Waals surface area contributed by atoms with E-state index in [1.165, 1.54) is 51.5 Å². The molecule has 1 aromatic heterocycles. The molecule has 1 saturated heterocycles. The zero-order chi connectivity index (χ0) is 15.6. The molecular weight excluding hydrogens is 290 g/mol. The monoisotopic (exact) mass is 317 g/mol. The van der Waals surface area contributed by atoms with Gasteiger partial charge in [0.05, 0.1) is 25.5 Å². The van der Waals surface area contributed by atoms with E-state index in [2.05, 4.69) is 10.00 Å². The van der Waals surface area contributed by atoms with E-state index in [0.29, 0.717) is 12.6 Å². The van der Waals surface area contributed by atoms with Crippen molar-refractivity contribution in [2.24, 2.45) is 0 Å². The smallest absolute Gasteiger partial charge is 0.267 e. The van der Waals surface area contributed by atoms with Gasteiger partial charge in [0.25, 0.3) is 5.56 Å². The van der Waals surface area contributed by atoms with Gasteiger partial charge in [-0.05, 0) is 32.2 Å². The highest BCUT2D eigenvalue weighted by Gasteiger charge is 2.32. The number of ether oxygens (including phenoxy) is 1. The van der Waals surface area contributed by atoms with Crippen molar-refractivity contribution in [3.05, 3.63) is 27.7 Å². The molecule has 2 aliphatic heterocycles. The summed E-state index contributed by atoms with van der Waals surface area (Å²) >= 11 is 0. The Morgan fingerprint density at radius 2 is 2.04 bits per heavy atom. The Bertz CT molecular complexity index is 607. The number of hydrogen-bond donors (Lipinski definition) is 0. The second kappa shape index (κ2) is 6.73. The van der Waals surface area contributed by atoms with Gasteiger partial charge in [-0.1, -0.05) is 19.3 Å². The number of aromatic nitrogens is 2. The summed E-state index contributed by atoms with van der Waals surface area (Å²) in [6.07, 6.45) is 10.1. The van der Waals surface area contributed by atoms with Crippen LogP contribution >= 0.6 is 0 Å². The van der Waals surface area contributed by atoms with E-state index in [4.69, 9.17) is 4.74 Å². The molecule has 5 nitrogen and oxygen atoms in total. The van der Waals surface area contributed by atoms with Gasteiger partial charge in [0, 0.05) is 30.1 Å². The summed E-state index contributed by atoms with van der Waals surface area (Å²) in [6, 6.07) is 2.96. The molecule has 1 saturated carbocycles. The first-order valence-corrected chi connectivity index (χ1v) is 9.24. The molecule has 0 amide bonds. The van der Waals surface area contributed by atoms with Gasteiger partial charge in [-0.25, -0.2) is 4.68 Å². The maximum absolute atomic E-state index is 12.4. The zero-order valence-corrected chi connectivity index (χ0v) is 13.9. The quantitative estimate of drug-likeness (QED) is 0.857. The second-order valence-electron chi connectivity index (χ2n) is 7.26. The molecule has 0 bridgehead atoms. The molecule has 23 heavy (non-hydrogen) atoms. The van der Waals surface area contributed by atoms with Gasteiger partial charge in [0.1, 0.15) is 0 Å². The molecule has 0 spiro atoms. The van der Waals surface area contributed by atoms with Crippen LogP contribution in [0.5, 0.6) is 0 Å². The average Bonchev–Trinajstić information content (AvgIpc) is 3.04. The van der Waals surface area contributed by atoms with E-state index < -0.39 is 0 Å². The van der Waals surface area contributed by atoms with Gasteiger partial charge >= 0.3 is 0 Å². The van der Waals surface area contributed by atoms with Crippen molar-refractivity contribution in [2.75, 3.05) is 13.2 Å². The van der Waals surface area contributed by atoms with Gasteiger partial charge in [-0.3, -0.25) is 9.69 Å². The maximum Gasteiger partial charge on any atom is 0.267 e. The fraction of sp³-hybridized carbons (Fsp3) is 0.778. The molecule has 1 aromatic rings. The number of nitrogens with zero attached hydrogens (tertiary/aromatic N) is 3. The lowest BCUT2D eigenvalue weighted by molar-refractivity contribution is 0.106. The third-order valence-electron chi connectivity index (χ3n) is 5.76. The number of rotatable bonds is 3. The highest BCUT2D eigenvalue weighted by Crippen LogP contribution is 2.29. The van der Waals surface area contributed by atoms with Crippen LogP contribution in [0, 0.1) is 0 Å². The molecule has 5 heteroatoms. The van der Waals surface area contributed by atoms with Gasteiger partial charge in [0.2, 0.25) is 0 Å². The van der Waals surface area contributed by atoms with Gasteiger partial charge in [0.15, 0.2) is 0 Å². The maximum atomic E-state index is 12.4.